The van der Waals surface area contributed by atoms with Gasteiger partial charge in [-0.2, -0.15) is 0 Å². The van der Waals surface area contributed by atoms with Gasteiger partial charge in [0.2, 0.25) is 0 Å². The average Bonchev–Trinajstić information content (AvgIpc) is 3.06. The summed E-state index contributed by atoms with van der Waals surface area (Å²) in [5.74, 6) is 0.806. The molecule has 0 unspecified atom stereocenters. The molecule has 0 radical (unpaired) electrons. The molecule has 0 saturated carbocycles. The second-order valence-electron chi connectivity index (χ2n) is 5.16. The van der Waals surface area contributed by atoms with Crippen LogP contribution in [0.25, 0.3) is 0 Å². The Hall–Kier alpha value is -3.15. The number of methoxy groups -OCH3 is 1. The zero-order chi connectivity index (χ0) is 16.9. The number of hydrogen-bond donors (Lipinski definition) is 1. The van der Waals surface area contributed by atoms with Crippen LogP contribution in [-0.4, -0.2) is 23.0 Å². The highest BCUT2D eigenvalue weighted by molar-refractivity contribution is 5.93. The molecule has 2 aromatic heterocycles. The Morgan fingerprint density at radius 3 is 2.62 bits per heavy atom. The van der Waals surface area contributed by atoms with E-state index in [1.165, 1.54) is 6.39 Å². The van der Waals surface area contributed by atoms with E-state index >= 15 is 0 Å². The Balaban J connectivity index is 2.00. The van der Waals surface area contributed by atoms with E-state index < -0.39 is 6.04 Å². The molecular weight excluding hydrogens is 306 g/mol. The molecule has 1 aromatic carbocycles. The number of nitrogens with zero attached hydrogens (tertiary/aromatic N) is 2. The maximum atomic E-state index is 12.6. The van der Waals surface area contributed by atoms with Gasteiger partial charge in [-0.15, -0.1) is 0 Å². The van der Waals surface area contributed by atoms with Crippen LogP contribution < -0.4 is 10.1 Å². The summed E-state index contributed by atoms with van der Waals surface area (Å²) in [6.07, 6.45) is 2.94. The molecule has 1 atom stereocenters. The third-order valence-corrected chi connectivity index (χ3v) is 3.67. The molecule has 122 valence electrons. The quantitative estimate of drug-likeness (QED) is 0.781. The van der Waals surface area contributed by atoms with Crippen molar-refractivity contribution in [2.24, 2.45) is 0 Å². The van der Waals surface area contributed by atoms with E-state index in [2.05, 4.69) is 15.3 Å². The van der Waals surface area contributed by atoms with Gasteiger partial charge in [0.1, 0.15) is 17.6 Å². The van der Waals surface area contributed by atoms with E-state index in [0.717, 1.165) is 5.56 Å². The number of oxazole rings is 1. The van der Waals surface area contributed by atoms with Gasteiger partial charge in [-0.25, -0.2) is 4.98 Å². The Labute approximate surface area is 139 Å². The standard InChI is InChI=1S/C18H17N3O3/c1-12-16(20-11-24-12)18(22)21-17(14-8-5-6-10-19-14)13-7-3-4-9-15(13)23-2/h3-11,17H,1-2H3,(H,21,22)/t17-/m1/s1. The van der Waals surface area contributed by atoms with Gasteiger partial charge < -0.3 is 14.5 Å². The molecule has 3 rings (SSSR count). The van der Waals surface area contributed by atoms with Crippen molar-refractivity contribution in [1.82, 2.24) is 15.3 Å². The first-order valence-corrected chi connectivity index (χ1v) is 7.45. The Kier molecular flexibility index (Phi) is 4.56. The number of amides is 1. The topological polar surface area (TPSA) is 77.2 Å². The highest BCUT2D eigenvalue weighted by atomic mass is 16.5. The maximum Gasteiger partial charge on any atom is 0.274 e. The molecule has 6 heteroatoms. The summed E-state index contributed by atoms with van der Waals surface area (Å²) in [4.78, 5) is 20.9. The van der Waals surface area contributed by atoms with E-state index in [0.29, 0.717) is 17.2 Å². The second-order valence-corrected chi connectivity index (χ2v) is 5.16. The average molecular weight is 323 g/mol. The minimum absolute atomic E-state index is 0.255. The van der Waals surface area contributed by atoms with Crippen molar-refractivity contribution in [3.05, 3.63) is 77.8 Å². The number of carbonyl (C=O) groups excluding carboxylic acids is 1. The summed E-state index contributed by atoms with van der Waals surface area (Å²) >= 11 is 0. The number of ether oxygens (including phenoxy) is 1. The Morgan fingerprint density at radius 2 is 1.96 bits per heavy atom. The van der Waals surface area contributed by atoms with E-state index in [1.54, 1.807) is 20.2 Å². The Bertz CT molecular complexity index is 830. The maximum absolute atomic E-state index is 12.6. The Morgan fingerprint density at radius 1 is 1.17 bits per heavy atom. The second kappa shape index (κ2) is 6.95. The van der Waals surface area contributed by atoms with Crippen molar-refractivity contribution in [2.75, 3.05) is 7.11 Å². The van der Waals surface area contributed by atoms with Crippen LogP contribution in [0, 0.1) is 6.92 Å². The lowest BCUT2D eigenvalue weighted by atomic mass is 10.0. The van der Waals surface area contributed by atoms with Gasteiger partial charge in [0.15, 0.2) is 12.1 Å². The lowest BCUT2D eigenvalue weighted by molar-refractivity contribution is 0.0936. The molecule has 1 amide bonds. The third kappa shape index (κ3) is 3.12. The van der Waals surface area contributed by atoms with E-state index in [1.807, 2.05) is 42.5 Å². The number of pyridine rings is 1. The van der Waals surface area contributed by atoms with Gasteiger partial charge in [-0.05, 0) is 25.1 Å². The summed E-state index contributed by atoms with van der Waals surface area (Å²) in [5, 5.41) is 2.96. The smallest absolute Gasteiger partial charge is 0.274 e. The van der Waals surface area contributed by atoms with Crippen LogP contribution in [0.2, 0.25) is 0 Å². The largest absolute Gasteiger partial charge is 0.496 e. The van der Waals surface area contributed by atoms with Gasteiger partial charge >= 0.3 is 0 Å². The summed E-state index contributed by atoms with van der Waals surface area (Å²) < 4.78 is 10.5. The number of nitrogens with one attached hydrogen (secondary N) is 1. The molecule has 0 spiro atoms. The van der Waals surface area contributed by atoms with Crippen molar-refractivity contribution < 1.29 is 13.9 Å². The first kappa shape index (κ1) is 15.7. The molecule has 3 aromatic rings. The fourth-order valence-corrected chi connectivity index (χ4v) is 2.49. The van der Waals surface area contributed by atoms with Crippen molar-refractivity contribution in [3.8, 4) is 5.75 Å². The van der Waals surface area contributed by atoms with Gasteiger partial charge in [-0.3, -0.25) is 9.78 Å². The lowest BCUT2D eigenvalue weighted by Gasteiger charge is -2.20. The van der Waals surface area contributed by atoms with Gasteiger partial charge in [0, 0.05) is 11.8 Å². The number of rotatable bonds is 5. The third-order valence-electron chi connectivity index (χ3n) is 3.67. The van der Waals surface area contributed by atoms with Crippen LogP contribution in [0.1, 0.15) is 33.5 Å². The predicted octanol–water partition coefficient (Wildman–Crippen LogP) is 2.91. The minimum atomic E-state index is -0.467. The highest BCUT2D eigenvalue weighted by Gasteiger charge is 2.24. The first-order chi connectivity index (χ1) is 11.7. The van der Waals surface area contributed by atoms with Crippen molar-refractivity contribution in [2.45, 2.75) is 13.0 Å². The number of hydrogen-bond acceptors (Lipinski definition) is 5. The number of para-hydroxylation sites is 1. The fraction of sp³-hybridized carbons (Fsp3) is 0.167. The molecule has 6 nitrogen and oxygen atoms in total. The van der Waals surface area contributed by atoms with Crippen LogP contribution in [0.15, 0.2) is 59.5 Å². The molecule has 0 aliphatic heterocycles. The van der Waals surface area contributed by atoms with Crippen LogP contribution in [0.4, 0.5) is 0 Å². The van der Waals surface area contributed by atoms with Crippen LogP contribution in [-0.2, 0) is 0 Å². The molecule has 0 aliphatic carbocycles. The molecule has 0 saturated heterocycles. The van der Waals surface area contributed by atoms with Gasteiger partial charge in [0.05, 0.1) is 12.8 Å². The number of benzene rings is 1. The van der Waals surface area contributed by atoms with Crippen molar-refractivity contribution >= 4 is 5.91 Å². The number of aromatic nitrogens is 2. The normalized spacial score (nSPS) is 11.8. The van der Waals surface area contributed by atoms with E-state index in [-0.39, 0.29) is 11.6 Å². The predicted molar refractivity (Wildman–Crippen MR) is 87.8 cm³/mol. The van der Waals surface area contributed by atoms with Crippen LogP contribution in [0.5, 0.6) is 5.75 Å². The van der Waals surface area contributed by atoms with Gasteiger partial charge in [0.25, 0.3) is 5.91 Å². The van der Waals surface area contributed by atoms with Gasteiger partial charge in [-0.1, -0.05) is 24.3 Å². The molecule has 0 aliphatic rings. The molecule has 2 heterocycles. The lowest BCUT2D eigenvalue weighted by Crippen LogP contribution is -2.30. The van der Waals surface area contributed by atoms with Crippen molar-refractivity contribution in [1.29, 1.82) is 0 Å². The SMILES string of the molecule is COc1ccccc1[C@@H](NC(=O)c1ncoc1C)c1ccccn1. The highest BCUT2D eigenvalue weighted by Crippen LogP contribution is 2.29. The summed E-state index contributed by atoms with van der Waals surface area (Å²) in [6, 6.07) is 12.6. The first-order valence-electron chi connectivity index (χ1n) is 7.45. The molecule has 24 heavy (non-hydrogen) atoms. The molecule has 0 bridgehead atoms. The monoisotopic (exact) mass is 323 g/mol. The minimum Gasteiger partial charge on any atom is -0.496 e. The summed E-state index contributed by atoms with van der Waals surface area (Å²) in [5.41, 5.74) is 1.77. The van der Waals surface area contributed by atoms with E-state index in [9.17, 15) is 4.79 Å². The fourth-order valence-electron chi connectivity index (χ4n) is 2.49. The van der Waals surface area contributed by atoms with Crippen LogP contribution in [0.3, 0.4) is 0 Å². The number of carbonyl (C=O) groups is 1. The molecule has 0 fully saturated rings. The number of aryl methyl sites for hydroxylation is 1. The molecular formula is C18H17N3O3. The van der Waals surface area contributed by atoms with Crippen LogP contribution >= 0.6 is 0 Å². The summed E-state index contributed by atoms with van der Waals surface area (Å²) in [6.45, 7) is 1.70. The van der Waals surface area contributed by atoms with Crippen molar-refractivity contribution in [3.63, 3.8) is 0 Å². The van der Waals surface area contributed by atoms with E-state index in [4.69, 9.17) is 9.15 Å². The zero-order valence-corrected chi connectivity index (χ0v) is 13.4. The summed E-state index contributed by atoms with van der Waals surface area (Å²) in [7, 11) is 1.60. The zero-order valence-electron chi connectivity index (χ0n) is 13.4. The molecule has 1 N–H and O–H groups in total.